The van der Waals surface area contributed by atoms with Gasteiger partial charge in [-0.1, -0.05) is 74.7 Å². The van der Waals surface area contributed by atoms with Gasteiger partial charge < -0.3 is 20.1 Å². The van der Waals surface area contributed by atoms with Gasteiger partial charge in [0.1, 0.15) is 23.1 Å². The fourth-order valence-electron chi connectivity index (χ4n) is 5.19. The second-order valence-corrected chi connectivity index (χ2v) is 13.3. The number of nitrogens with zero attached hydrogens (tertiary/aromatic N) is 1. The summed E-state index contributed by atoms with van der Waals surface area (Å²) < 4.78 is 11.5. The van der Waals surface area contributed by atoms with Crippen LogP contribution in [0, 0.1) is 5.92 Å². The van der Waals surface area contributed by atoms with Gasteiger partial charge in [-0.3, -0.25) is 9.69 Å². The Balaban J connectivity index is 1.36. The number of hydrogen-bond acceptors (Lipinski definition) is 6. The van der Waals surface area contributed by atoms with E-state index in [9.17, 15) is 9.59 Å². The molecule has 0 unspecified atom stereocenters. The molecule has 2 N–H and O–H groups in total. The van der Waals surface area contributed by atoms with Crippen LogP contribution in [-0.2, 0) is 16.1 Å². The number of amides is 2. The van der Waals surface area contributed by atoms with Gasteiger partial charge in [0.25, 0.3) is 0 Å². The molecule has 41 heavy (non-hydrogen) atoms. The summed E-state index contributed by atoms with van der Waals surface area (Å²) in [6, 6.07) is 16.7. The van der Waals surface area contributed by atoms with E-state index in [1.54, 1.807) is 11.8 Å². The molecule has 2 aromatic rings. The molecule has 2 aliphatic rings. The molecule has 7 nitrogen and oxygen atoms in total. The van der Waals surface area contributed by atoms with Crippen molar-refractivity contribution in [3.05, 3.63) is 60.2 Å². The molecule has 0 aromatic heterocycles. The number of ether oxygens (including phenoxy) is 2. The summed E-state index contributed by atoms with van der Waals surface area (Å²) in [5.74, 6) is 3.03. The van der Waals surface area contributed by atoms with E-state index in [0.29, 0.717) is 29.1 Å². The van der Waals surface area contributed by atoms with Gasteiger partial charge in [-0.25, -0.2) is 4.79 Å². The van der Waals surface area contributed by atoms with Gasteiger partial charge in [-0.15, -0.1) is 11.8 Å². The lowest BCUT2D eigenvalue weighted by Gasteiger charge is -2.30. The fourth-order valence-corrected chi connectivity index (χ4v) is 6.58. The van der Waals surface area contributed by atoms with Crippen LogP contribution in [0.15, 0.2) is 54.6 Å². The summed E-state index contributed by atoms with van der Waals surface area (Å²) in [5.41, 5.74) is 0.444. The number of para-hydroxylation sites is 1. The number of carbonyl (C=O) groups is 2. The van der Waals surface area contributed by atoms with Crippen LogP contribution in [0.5, 0.6) is 11.5 Å². The molecule has 2 atom stereocenters. The standard InChI is InChI=1S/C32H43N3O4S2/c1-32(2,3)39-31(37)35-22-41-21-28(35)29(36)34-27(19-16-23-10-6-4-7-11-23)30(40)33-20-24-14-17-26(18-15-24)38-25-12-8-5-9-13-25/h5,8-9,12-15,17-18,23,27-28H,4,6-7,10-11,16,19-22H2,1-3H3,(H,33,40)(H,34,36)/t27-,28+/m1/s1. The number of carbonyl (C=O) groups excluding carboxylic acids is 2. The maximum absolute atomic E-state index is 13.5. The molecule has 1 aliphatic heterocycles. The van der Waals surface area contributed by atoms with Crippen molar-refractivity contribution in [1.82, 2.24) is 15.5 Å². The average molecular weight is 598 g/mol. The Hall–Kier alpha value is -2.78. The summed E-state index contributed by atoms with van der Waals surface area (Å²) >= 11 is 7.40. The smallest absolute Gasteiger partial charge is 0.411 e. The highest BCUT2D eigenvalue weighted by Gasteiger charge is 2.38. The predicted molar refractivity (Wildman–Crippen MR) is 169 cm³/mol. The zero-order valence-corrected chi connectivity index (χ0v) is 26.0. The molecule has 1 aliphatic carbocycles. The molecule has 2 fully saturated rings. The molecule has 9 heteroatoms. The Morgan fingerprint density at radius 1 is 1.02 bits per heavy atom. The fraction of sp³-hybridized carbons (Fsp3) is 0.531. The lowest BCUT2D eigenvalue weighted by Crippen LogP contribution is -2.54. The van der Waals surface area contributed by atoms with E-state index in [1.165, 1.54) is 37.0 Å². The minimum Gasteiger partial charge on any atom is -0.457 e. The van der Waals surface area contributed by atoms with Gasteiger partial charge in [0.15, 0.2) is 0 Å². The molecule has 0 bridgehead atoms. The third-order valence-corrected chi connectivity index (χ3v) is 8.84. The zero-order valence-electron chi connectivity index (χ0n) is 24.4. The van der Waals surface area contributed by atoms with E-state index in [2.05, 4.69) is 10.6 Å². The molecule has 2 aromatic carbocycles. The van der Waals surface area contributed by atoms with Crippen molar-refractivity contribution >= 4 is 41.0 Å². The van der Waals surface area contributed by atoms with E-state index < -0.39 is 17.7 Å². The van der Waals surface area contributed by atoms with Crippen molar-refractivity contribution in [2.24, 2.45) is 5.92 Å². The molecule has 4 rings (SSSR count). The van der Waals surface area contributed by atoms with Gasteiger partial charge in [-0.2, -0.15) is 0 Å². The molecule has 0 radical (unpaired) electrons. The van der Waals surface area contributed by atoms with Crippen LogP contribution in [-0.4, -0.2) is 51.2 Å². The zero-order chi connectivity index (χ0) is 29.2. The highest BCUT2D eigenvalue weighted by Crippen LogP contribution is 2.29. The van der Waals surface area contributed by atoms with Crippen LogP contribution < -0.4 is 15.4 Å². The largest absolute Gasteiger partial charge is 0.457 e. The van der Waals surface area contributed by atoms with Crippen molar-refractivity contribution in [2.75, 3.05) is 11.6 Å². The third kappa shape index (κ3) is 9.92. The summed E-state index contributed by atoms with van der Waals surface area (Å²) in [6.45, 7) is 6.04. The first-order valence-electron chi connectivity index (χ1n) is 14.7. The normalized spacial score (nSPS) is 18.4. The first-order valence-corrected chi connectivity index (χ1v) is 16.2. The highest BCUT2D eigenvalue weighted by molar-refractivity contribution is 7.99. The molecule has 222 valence electrons. The monoisotopic (exact) mass is 597 g/mol. The Labute approximate surface area is 254 Å². The van der Waals surface area contributed by atoms with Gasteiger partial charge >= 0.3 is 6.09 Å². The Kier molecular flexibility index (Phi) is 11.3. The molecule has 1 saturated carbocycles. The van der Waals surface area contributed by atoms with Gasteiger partial charge in [0, 0.05) is 12.3 Å². The van der Waals surface area contributed by atoms with E-state index in [0.717, 1.165) is 29.9 Å². The molecule has 1 saturated heterocycles. The second kappa shape index (κ2) is 14.9. The quantitative estimate of drug-likeness (QED) is 0.284. The van der Waals surface area contributed by atoms with Gasteiger partial charge in [-0.05, 0) is 69.4 Å². The number of nitrogens with one attached hydrogen (secondary N) is 2. The van der Waals surface area contributed by atoms with Crippen LogP contribution in [0.4, 0.5) is 4.79 Å². The van der Waals surface area contributed by atoms with E-state index in [-0.39, 0.29) is 11.9 Å². The van der Waals surface area contributed by atoms with Crippen LogP contribution in [0.25, 0.3) is 0 Å². The molecule has 2 amide bonds. The first kappa shape index (κ1) is 31.2. The first-order chi connectivity index (χ1) is 19.7. The van der Waals surface area contributed by atoms with Gasteiger partial charge in [0.2, 0.25) is 5.91 Å². The lowest BCUT2D eigenvalue weighted by atomic mass is 9.85. The summed E-state index contributed by atoms with van der Waals surface area (Å²) in [5, 5.41) is 6.58. The van der Waals surface area contributed by atoms with Crippen LogP contribution in [0.3, 0.4) is 0 Å². The second-order valence-electron chi connectivity index (χ2n) is 11.9. The Bertz CT molecular complexity index is 1150. The van der Waals surface area contributed by atoms with E-state index in [1.807, 2.05) is 75.4 Å². The third-order valence-electron chi connectivity index (χ3n) is 7.40. The maximum Gasteiger partial charge on any atom is 0.411 e. The number of thiocarbonyl (C=S) groups is 1. The molecule has 1 heterocycles. The van der Waals surface area contributed by atoms with Crippen molar-refractivity contribution in [1.29, 1.82) is 0 Å². The van der Waals surface area contributed by atoms with Crippen LogP contribution in [0.1, 0.15) is 71.3 Å². The van der Waals surface area contributed by atoms with E-state index in [4.69, 9.17) is 21.7 Å². The highest BCUT2D eigenvalue weighted by atomic mass is 32.2. The number of rotatable bonds is 10. The van der Waals surface area contributed by atoms with Crippen molar-refractivity contribution in [2.45, 2.75) is 89.9 Å². The Morgan fingerprint density at radius 2 is 1.71 bits per heavy atom. The van der Waals surface area contributed by atoms with E-state index >= 15 is 0 Å². The molecular weight excluding hydrogens is 555 g/mol. The SMILES string of the molecule is CC(C)(C)OC(=O)N1CSC[C@H]1C(=O)N[C@H](CCC1CCCCC1)C(=S)NCc1ccc(Oc2ccccc2)cc1. The van der Waals surface area contributed by atoms with Gasteiger partial charge in [0.05, 0.1) is 16.9 Å². The lowest BCUT2D eigenvalue weighted by molar-refractivity contribution is -0.125. The topological polar surface area (TPSA) is 79.9 Å². The number of hydrogen-bond donors (Lipinski definition) is 2. The molecular formula is C32H43N3O4S2. The van der Waals surface area contributed by atoms with Crippen molar-refractivity contribution in [3.8, 4) is 11.5 Å². The summed E-state index contributed by atoms with van der Waals surface area (Å²) in [6.07, 6.45) is 7.68. The Morgan fingerprint density at radius 3 is 2.39 bits per heavy atom. The number of benzene rings is 2. The summed E-state index contributed by atoms with van der Waals surface area (Å²) in [7, 11) is 0. The summed E-state index contributed by atoms with van der Waals surface area (Å²) in [4.78, 5) is 28.4. The van der Waals surface area contributed by atoms with Crippen molar-refractivity contribution < 1.29 is 19.1 Å². The maximum atomic E-state index is 13.5. The minimum absolute atomic E-state index is 0.180. The average Bonchev–Trinajstić information content (AvgIpc) is 3.46. The predicted octanol–water partition coefficient (Wildman–Crippen LogP) is 7.05. The van der Waals surface area contributed by atoms with Crippen LogP contribution in [0.2, 0.25) is 0 Å². The minimum atomic E-state index is -0.620. The van der Waals surface area contributed by atoms with Crippen molar-refractivity contribution in [3.63, 3.8) is 0 Å². The molecule has 0 spiro atoms. The van der Waals surface area contributed by atoms with Crippen LogP contribution >= 0.6 is 24.0 Å². The number of thioether (sulfide) groups is 1.